The number of alkyl carbamates (subject to hydrolysis) is 1. The summed E-state index contributed by atoms with van der Waals surface area (Å²) >= 11 is 0. The minimum absolute atomic E-state index is 0.0689. The van der Waals surface area contributed by atoms with Gasteiger partial charge in [-0.1, -0.05) is 63.9 Å². The van der Waals surface area contributed by atoms with Crippen LogP contribution in [0.4, 0.5) is 4.79 Å². The second kappa shape index (κ2) is 12.9. The molecular formula is C27H40N4O6. The Morgan fingerprint density at radius 3 is 2.30 bits per heavy atom. The number of amides is 4. The zero-order valence-corrected chi connectivity index (χ0v) is 21.9. The van der Waals surface area contributed by atoms with Crippen LogP contribution in [-0.2, 0) is 25.7 Å². The topological polar surface area (TPSA) is 146 Å². The van der Waals surface area contributed by atoms with Gasteiger partial charge in [0.25, 0.3) is 0 Å². The van der Waals surface area contributed by atoms with Crippen LogP contribution in [0.2, 0.25) is 0 Å². The van der Waals surface area contributed by atoms with E-state index in [0.717, 1.165) is 18.4 Å². The van der Waals surface area contributed by atoms with E-state index in [4.69, 9.17) is 4.74 Å². The van der Waals surface area contributed by atoms with Crippen LogP contribution in [0.25, 0.3) is 0 Å². The third-order valence-corrected chi connectivity index (χ3v) is 6.80. The molecule has 37 heavy (non-hydrogen) atoms. The number of benzene rings is 1. The number of carbonyl (C=O) groups is 4. The first-order chi connectivity index (χ1) is 17.6. The lowest BCUT2D eigenvalue weighted by atomic mass is 9.86. The number of ether oxygens (including phenoxy) is 1. The Morgan fingerprint density at radius 2 is 1.73 bits per heavy atom. The molecule has 2 fully saturated rings. The predicted molar refractivity (Wildman–Crippen MR) is 137 cm³/mol. The van der Waals surface area contributed by atoms with Crippen LogP contribution in [0, 0.1) is 17.3 Å². The summed E-state index contributed by atoms with van der Waals surface area (Å²) in [5.41, 5.74) is 0.170. The maximum atomic E-state index is 13.3. The van der Waals surface area contributed by atoms with Crippen molar-refractivity contribution in [1.82, 2.24) is 21.3 Å². The first-order valence-corrected chi connectivity index (χ1v) is 13.0. The average molecular weight is 517 g/mol. The van der Waals surface area contributed by atoms with E-state index in [2.05, 4.69) is 21.3 Å². The highest BCUT2D eigenvalue weighted by atomic mass is 16.5. The molecule has 0 radical (unpaired) electrons. The quantitative estimate of drug-likeness (QED) is 0.285. The van der Waals surface area contributed by atoms with E-state index >= 15 is 0 Å². The number of hydrogen-bond donors (Lipinski definition) is 5. The molecule has 10 nitrogen and oxygen atoms in total. The molecule has 1 saturated carbocycles. The third-order valence-electron chi connectivity index (χ3n) is 6.80. The monoisotopic (exact) mass is 516 g/mol. The van der Waals surface area contributed by atoms with E-state index in [0.29, 0.717) is 31.7 Å². The number of aliphatic hydroxyl groups excluding tert-OH is 1. The smallest absolute Gasteiger partial charge is 0.408 e. The Balaban J connectivity index is 1.61. The molecule has 5 N–H and O–H groups in total. The normalized spacial score (nSPS) is 19.8. The van der Waals surface area contributed by atoms with Gasteiger partial charge in [-0.25, -0.2) is 4.79 Å². The van der Waals surface area contributed by atoms with Crippen molar-refractivity contribution in [3.05, 3.63) is 35.9 Å². The fraction of sp³-hybridized carbons (Fsp3) is 0.630. The molecule has 4 atom stereocenters. The maximum absolute atomic E-state index is 13.3. The first kappa shape index (κ1) is 28.4. The lowest BCUT2D eigenvalue weighted by Gasteiger charge is -2.32. The Morgan fingerprint density at radius 1 is 1.03 bits per heavy atom. The molecular weight excluding hydrogens is 476 g/mol. The molecule has 204 valence electrons. The van der Waals surface area contributed by atoms with E-state index in [1.807, 2.05) is 51.1 Å². The van der Waals surface area contributed by atoms with Crippen molar-refractivity contribution in [2.45, 2.75) is 77.6 Å². The molecule has 10 heteroatoms. The molecule has 0 unspecified atom stereocenters. The second-order valence-corrected chi connectivity index (χ2v) is 11.1. The number of carbonyl (C=O) groups excluding carboxylic acids is 4. The summed E-state index contributed by atoms with van der Waals surface area (Å²) in [7, 11) is 0. The van der Waals surface area contributed by atoms with Crippen LogP contribution >= 0.6 is 0 Å². The SMILES string of the molecule is CC(C)(C)[C@H](NC(=O)OCc1ccccc1)C(=O)N[C@@H](CC1CC1)C(=O)N[C@H](CO)C[C@@H]1CCNC1=O. The van der Waals surface area contributed by atoms with Gasteiger partial charge in [-0.3, -0.25) is 14.4 Å². The molecule has 1 aliphatic carbocycles. The summed E-state index contributed by atoms with van der Waals surface area (Å²) in [4.78, 5) is 50.9. The van der Waals surface area contributed by atoms with E-state index in [-0.39, 0.29) is 25.0 Å². The van der Waals surface area contributed by atoms with Gasteiger partial charge in [0.05, 0.1) is 12.6 Å². The summed E-state index contributed by atoms with van der Waals surface area (Å²) in [5, 5.41) is 20.9. The van der Waals surface area contributed by atoms with Gasteiger partial charge >= 0.3 is 6.09 Å². The standard InChI is InChI=1S/C27H40N4O6/c1-27(2,3)22(31-26(36)37-16-18-7-5-4-6-8-18)25(35)30-21(13-17-9-10-17)24(34)29-20(15-32)14-19-11-12-28-23(19)33/h4-8,17,19-22,32H,9-16H2,1-3H3,(H,28,33)(H,29,34)(H,30,35)(H,31,36)/t19-,20-,21-,22+/m0/s1. The van der Waals surface area contributed by atoms with Crippen LogP contribution in [0.5, 0.6) is 0 Å². The van der Waals surface area contributed by atoms with Gasteiger partial charge in [0, 0.05) is 12.5 Å². The van der Waals surface area contributed by atoms with Crippen LogP contribution in [-0.4, -0.2) is 60.2 Å². The first-order valence-electron chi connectivity index (χ1n) is 13.0. The Kier molecular flexibility index (Phi) is 9.91. The van der Waals surface area contributed by atoms with Crippen molar-refractivity contribution in [2.24, 2.45) is 17.3 Å². The summed E-state index contributed by atoms with van der Waals surface area (Å²) in [6.45, 7) is 5.81. The summed E-state index contributed by atoms with van der Waals surface area (Å²) < 4.78 is 5.30. The molecule has 0 aromatic heterocycles. The lowest BCUT2D eigenvalue weighted by Crippen LogP contribution is -2.58. The molecule has 1 aromatic rings. The lowest BCUT2D eigenvalue weighted by molar-refractivity contribution is -0.132. The Hall–Kier alpha value is -3.14. The van der Waals surface area contributed by atoms with Crippen molar-refractivity contribution < 1.29 is 29.0 Å². The molecule has 0 spiro atoms. The fourth-order valence-electron chi connectivity index (χ4n) is 4.43. The Labute approximate surface area is 218 Å². The van der Waals surface area contributed by atoms with Gasteiger partial charge in [-0.05, 0) is 36.2 Å². The van der Waals surface area contributed by atoms with Crippen LogP contribution in [0.3, 0.4) is 0 Å². The van der Waals surface area contributed by atoms with Crippen molar-refractivity contribution >= 4 is 23.8 Å². The van der Waals surface area contributed by atoms with Crippen LogP contribution in [0.15, 0.2) is 30.3 Å². The molecule has 1 saturated heterocycles. The number of nitrogens with one attached hydrogen (secondary N) is 4. The van der Waals surface area contributed by atoms with Gasteiger partial charge < -0.3 is 31.1 Å². The minimum atomic E-state index is -0.943. The fourth-order valence-corrected chi connectivity index (χ4v) is 4.43. The highest BCUT2D eigenvalue weighted by Gasteiger charge is 2.38. The predicted octanol–water partition coefficient (Wildman–Crippen LogP) is 1.62. The van der Waals surface area contributed by atoms with Gasteiger partial charge in [0.2, 0.25) is 17.7 Å². The molecule has 2 aliphatic rings. The van der Waals surface area contributed by atoms with E-state index < -0.39 is 41.4 Å². The van der Waals surface area contributed by atoms with Crippen molar-refractivity contribution in [3.8, 4) is 0 Å². The largest absolute Gasteiger partial charge is 0.445 e. The molecule has 1 aliphatic heterocycles. The summed E-state index contributed by atoms with van der Waals surface area (Å²) in [6, 6.07) is 6.87. The highest BCUT2D eigenvalue weighted by Crippen LogP contribution is 2.34. The maximum Gasteiger partial charge on any atom is 0.408 e. The zero-order chi connectivity index (χ0) is 27.0. The van der Waals surface area contributed by atoms with Gasteiger partial charge in [0.15, 0.2) is 0 Å². The molecule has 1 heterocycles. The van der Waals surface area contributed by atoms with Gasteiger partial charge in [0.1, 0.15) is 18.7 Å². The van der Waals surface area contributed by atoms with Gasteiger partial charge in [-0.2, -0.15) is 0 Å². The number of aliphatic hydroxyl groups is 1. The summed E-state index contributed by atoms with van der Waals surface area (Å²) in [6.07, 6.45) is 2.70. The average Bonchev–Trinajstić information content (AvgIpc) is 3.59. The summed E-state index contributed by atoms with van der Waals surface area (Å²) in [5.74, 6) is -0.891. The molecule has 3 rings (SSSR count). The van der Waals surface area contributed by atoms with Crippen molar-refractivity contribution in [3.63, 3.8) is 0 Å². The van der Waals surface area contributed by atoms with E-state index in [1.165, 1.54) is 0 Å². The Bertz CT molecular complexity index is 944. The molecule has 0 bridgehead atoms. The highest BCUT2D eigenvalue weighted by molar-refractivity contribution is 5.92. The number of hydrogen-bond acceptors (Lipinski definition) is 6. The zero-order valence-electron chi connectivity index (χ0n) is 21.9. The van der Waals surface area contributed by atoms with Crippen LogP contribution < -0.4 is 21.3 Å². The number of rotatable bonds is 12. The molecule has 4 amide bonds. The van der Waals surface area contributed by atoms with E-state index in [1.54, 1.807) is 0 Å². The third kappa shape index (κ3) is 9.03. The van der Waals surface area contributed by atoms with E-state index in [9.17, 15) is 24.3 Å². The second-order valence-electron chi connectivity index (χ2n) is 11.1. The van der Waals surface area contributed by atoms with Crippen LogP contribution in [0.1, 0.15) is 58.4 Å². The minimum Gasteiger partial charge on any atom is -0.445 e. The molecule has 1 aromatic carbocycles. The van der Waals surface area contributed by atoms with Crippen molar-refractivity contribution in [1.29, 1.82) is 0 Å². The van der Waals surface area contributed by atoms with Gasteiger partial charge in [-0.15, -0.1) is 0 Å². The van der Waals surface area contributed by atoms with Crippen molar-refractivity contribution in [2.75, 3.05) is 13.2 Å².